The predicted molar refractivity (Wildman–Crippen MR) is 80.8 cm³/mol. The molecule has 2 aromatic rings. The maximum atomic E-state index is 11.4. The van der Waals surface area contributed by atoms with Crippen molar-refractivity contribution in [3.05, 3.63) is 28.2 Å². The molecule has 0 saturated heterocycles. The molecule has 3 rings (SSSR count). The molecule has 1 N–H and O–H groups in total. The summed E-state index contributed by atoms with van der Waals surface area (Å²) in [6.07, 6.45) is 1.41. The van der Waals surface area contributed by atoms with E-state index < -0.39 is 6.09 Å². The SMILES string of the molecule is CCOC(=O)Nc1nc2n(n1)C(C)C(c1cccs1)CC2. The third-order valence-corrected chi connectivity index (χ3v) is 4.75. The van der Waals surface area contributed by atoms with Crippen molar-refractivity contribution in [2.75, 3.05) is 11.9 Å². The molecular formula is C14H18N4O2S. The number of hydrogen-bond acceptors (Lipinski definition) is 5. The molecule has 0 saturated carbocycles. The number of amides is 1. The predicted octanol–water partition coefficient (Wildman–Crippen LogP) is 3.20. The summed E-state index contributed by atoms with van der Waals surface area (Å²) in [6, 6.07) is 4.49. The molecule has 1 amide bonds. The first kappa shape index (κ1) is 14.1. The first-order valence-electron chi connectivity index (χ1n) is 7.11. The molecule has 1 aliphatic heterocycles. The van der Waals surface area contributed by atoms with Crippen molar-refractivity contribution in [2.45, 2.75) is 38.6 Å². The van der Waals surface area contributed by atoms with Crippen molar-refractivity contribution in [1.82, 2.24) is 14.8 Å². The number of anilines is 1. The van der Waals surface area contributed by atoms with Gasteiger partial charge in [0, 0.05) is 17.2 Å². The molecule has 7 heteroatoms. The number of carbonyl (C=O) groups excluding carboxylic acids is 1. The second-order valence-electron chi connectivity index (χ2n) is 5.04. The Morgan fingerprint density at radius 3 is 3.19 bits per heavy atom. The van der Waals surface area contributed by atoms with Gasteiger partial charge in [0.25, 0.3) is 5.95 Å². The van der Waals surface area contributed by atoms with Crippen LogP contribution in [0.2, 0.25) is 0 Å². The van der Waals surface area contributed by atoms with E-state index in [9.17, 15) is 4.79 Å². The van der Waals surface area contributed by atoms with Crippen molar-refractivity contribution in [1.29, 1.82) is 0 Å². The zero-order chi connectivity index (χ0) is 14.8. The minimum atomic E-state index is -0.511. The molecule has 0 bridgehead atoms. The second kappa shape index (κ2) is 5.85. The third-order valence-electron chi connectivity index (χ3n) is 3.75. The molecule has 0 aliphatic carbocycles. The van der Waals surface area contributed by atoms with Gasteiger partial charge in [0.1, 0.15) is 5.82 Å². The number of rotatable bonds is 3. The van der Waals surface area contributed by atoms with Crippen molar-refractivity contribution in [2.24, 2.45) is 0 Å². The fourth-order valence-electron chi connectivity index (χ4n) is 2.74. The highest BCUT2D eigenvalue weighted by Gasteiger charge is 2.30. The van der Waals surface area contributed by atoms with Crippen LogP contribution in [0.4, 0.5) is 10.7 Å². The zero-order valence-corrected chi connectivity index (χ0v) is 12.9. The Morgan fingerprint density at radius 1 is 1.62 bits per heavy atom. The number of ether oxygens (including phenoxy) is 1. The number of aromatic nitrogens is 3. The summed E-state index contributed by atoms with van der Waals surface area (Å²) in [6.45, 7) is 4.24. The monoisotopic (exact) mass is 306 g/mol. The molecule has 0 aromatic carbocycles. The van der Waals surface area contributed by atoms with Crippen molar-refractivity contribution < 1.29 is 9.53 Å². The smallest absolute Gasteiger partial charge is 0.414 e. The second-order valence-corrected chi connectivity index (χ2v) is 6.02. The zero-order valence-electron chi connectivity index (χ0n) is 12.1. The molecule has 0 radical (unpaired) electrons. The van der Waals surface area contributed by atoms with Gasteiger partial charge in [-0.2, -0.15) is 4.98 Å². The molecule has 6 nitrogen and oxygen atoms in total. The van der Waals surface area contributed by atoms with Gasteiger partial charge in [-0.25, -0.2) is 9.48 Å². The first-order chi connectivity index (χ1) is 10.2. The fourth-order valence-corrected chi connectivity index (χ4v) is 3.70. The van der Waals surface area contributed by atoms with E-state index in [1.165, 1.54) is 4.88 Å². The van der Waals surface area contributed by atoms with E-state index in [0.717, 1.165) is 18.7 Å². The maximum absolute atomic E-state index is 11.4. The van der Waals surface area contributed by atoms with Gasteiger partial charge in [-0.1, -0.05) is 6.07 Å². The molecule has 0 fully saturated rings. The Bertz CT molecular complexity index is 623. The standard InChI is InChI=1S/C14H18N4O2S/c1-3-20-14(19)16-13-15-12-7-6-10(9(2)18(12)17-13)11-5-4-8-21-11/h4-5,8-10H,3,6-7H2,1-2H3,(H,16,17,19). The van der Waals surface area contributed by atoms with Gasteiger partial charge in [-0.15, -0.1) is 16.4 Å². The van der Waals surface area contributed by atoms with Crippen LogP contribution in [0.15, 0.2) is 17.5 Å². The summed E-state index contributed by atoms with van der Waals surface area (Å²) in [7, 11) is 0. The number of aryl methyl sites for hydroxylation is 1. The van der Waals surface area contributed by atoms with Gasteiger partial charge in [0.15, 0.2) is 0 Å². The number of hydrogen-bond donors (Lipinski definition) is 1. The van der Waals surface area contributed by atoms with Gasteiger partial charge in [0.2, 0.25) is 0 Å². The molecule has 21 heavy (non-hydrogen) atoms. The minimum Gasteiger partial charge on any atom is -0.450 e. The molecule has 1 aliphatic rings. The highest BCUT2D eigenvalue weighted by molar-refractivity contribution is 7.10. The lowest BCUT2D eigenvalue weighted by atomic mass is 9.91. The van der Waals surface area contributed by atoms with Crippen LogP contribution in [0.1, 0.15) is 42.9 Å². The normalized spacial score (nSPS) is 20.9. The van der Waals surface area contributed by atoms with E-state index >= 15 is 0 Å². The molecular weight excluding hydrogens is 288 g/mol. The van der Waals surface area contributed by atoms with E-state index in [4.69, 9.17) is 4.74 Å². The summed E-state index contributed by atoms with van der Waals surface area (Å²) in [5, 5.41) is 9.08. The molecule has 2 aromatic heterocycles. The first-order valence-corrected chi connectivity index (χ1v) is 7.99. The number of nitrogens with one attached hydrogen (secondary N) is 1. The van der Waals surface area contributed by atoms with Crippen LogP contribution < -0.4 is 5.32 Å². The van der Waals surface area contributed by atoms with Gasteiger partial charge < -0.3 is 4.74 Å². The summed E-state index contributed by atoms with van der Waals surface area (Å²) in [5.41, 5.74) is 0. The molecule has 0 spiro atoms. The van der Waals surface area contributed by atoms with Crippen LogP contribution in [-0.4, -0.2) is 27.5 Å². The lowest BCUT2D eigenvalue weighted by molar-refractivity contribution is 0.167. The Balaban J connectivity index is 1.79. The number of thiophene rings is 1. The van der Waals surface area contributed by atoms with Gasteiger partial charge in [-0.05, 0) is 31.7 Å². The van der Waals surface area contributed by atoms with Gasteiger partial charge in [-0.3, -0.25) is 5.32 Å². The summed E-state index contributed by atoms with van der Waals surface area (Å²) < 4.78 is 6.77. The number of carbonyl (C=O) groups is 1. The Morgan fingerprint density at radius 2 is 2.48 bits per heavy atom. The van der Waals surface area contributed by atoms with E-state index in [2.05, 4.69) is 39.8 Å². The topological polar surface area (TPSA) is 69.0 Å². The third kappa shape index (κ3) is 2.78. The van der Waals surface area contributed by atoms with Crippen LogP contribution in [0.25, 0.3) is 0 Å². The highest BCUT2D eigenvalue weighted by Crippen LogP contribution is 2.39. The fraction of sp³-hybridized carbons (Fsp3) is 0.500. The lowest BCUT2D eigenvalue weighted by Crippen LogP contribution is -2.24. The van der Waals surface area contributed by atoms with Crippen LogP contribution in [0, 0.1) is 0 Å². The number of nitrogens with zero attached hydrogens (tertiary/aromatic N) is 3. The Labute approximate surface area is 127 Å². The van der Waals surface area contributed by atoms with Gasteiger partial charge in [0.05, 0.1) is 12.6 Å². The number of fused-ring (bicyclic) bond motifs is 1. The van der Waals surface area contributed by atoms with Crippen molar-refractivity contribution in [3.63, 3.8) is 0 Å². The van der Waals surface area contributed by atoms with Crippen molar-refractivity contribution >= 4 is 23.4 Å². The van der Waals surface area contributed by atoms with Crippen LogP contribution in [-0.2, 0) is 11.2 Å². The van der Waals surface area contributed by atoms with Gasteiger partial charge >= 0.3 is 6.09 Å². The molecule has 112 valence electrons. The minimum absolute atomic E-state index is 0.234. The quantitative estimate of drug-likeness (QED) is 0.945. The van der Waals surface area contributed by atoms with Crippen LogP contribution in [0.3, 0.4) is 0 Å². The average Bonchev–Trinajstić information content (AvgIpc) is 3.08. The Kier molecular flexibility index (Phi) is 3.92. The summed E-state index contributed by atoms with van der Waals surface area (Å²) in [4.78, 5) is 17.2. The average molecular weight is 306 g/mol. The van der Waals surface area contributed by atoms with E-state index in [-0.39, 0.29) is 6.04 Å². The highest BCUT2D eigenvalue weighted by atomic mass is 32.1. The molecule has 2 unspecified atom stereocenters. The van der Waals surface area contributed by atoms with E-state index in [1.807, 2.05) is 4.68 Å². The van der Waals surface area contributed by atoms with Crippen molar-refractivity contribution in [3.8, 4) is 0 Å². The molecule has 2 atom stereocenters. The van der Waals surface area contributed by atoms with Crippen LogP contribution in [0.5, 0.6) is 0 Å². The maximum Gasteiger partial charge on any atom is 0.414 e. The van der Waals surface area contributed by atoms with E-state index in [0.29, 0.717) is 18.5 Å². The largest absolute Gasteiger partial charge is 0.450 e. The van der Waals surface area contributed by atoms with E-state index in [1.54, 1.807) is 18.3 Å². The summed E-state index contributed by atoms with van der Waals surface area (Å²) in [5.74, 6) is 1.69. The van der Waals surface area contributed by atoms with Crippen LogP contribution >= 0.6 is 11.3 Å². The lowest BCUT2D eigenvalue weighted by Gasteiger charge is -2.28. The molecule has 3 heterocycles. The Hall–Kier alpha value is -1.89. The summed E-state index contributed by atoms with van der Waals surface area (Å²) >= 11 is 1.78.